The van der Waals surface area contributed by atoms with E-state index in [4.69, 9.17) is 0 Å². The number of fused-ring (bicyclic) bond motifs is 7. The second-order valence-corrected chi connectivity index (χ2v) is 11.9. The molecule has 170 valence electrons. The second kappa shape index (κ2) is 8.19. The van der Waals surface area contributed by atoms with Gasteiger partial charge in [-0.15, -0.1) is 0 Å². The molecule has 1 nitrogen and oxygen atoms in total. The zero-order valence-electron chi connectivity index (χ0n) is 19.6. The van der Waals surface area contributed by atoms with E-state index in [2.05, 4.69) is 97.1 Å². The van der Waals surface area contributed by atoms with E-state index in [9.17, 15) is 0 Å². The van der Waals surface area contributed by atoms with Crippen molar-refractivity contribution in [2.45, 2.75) is 0 Å². The molecule has 1 heterocycles. The van der Waals surface area contributed by atoms with E-state index in [1.165, 1.54) is 27.8 Å². The average Bonchev–Trinajstić information content (AvgIpc) is 3.04. The van der Waals surface area contributed by atoms with Crippen molar-refractivity contribution in [2.75, 3.05) is 0 Å². The molecule has 0 radical (unpaired) electrons. The molecule has 36 heavy (non-hydrogen) atoms. The molecule has 1 unspecified atom stereocenters. The lowest BCUT2D eigenvalue weighted by Crippen LogP contribution is -2.26. The zero-order chi connectivity index (χ0) is 24.1. The third-order valence-electron chi connectivity index (χ3n) is 7.28. The summed E-state index contributed by atoms with van der Waals surface area (Å²) in [5, 5.41) is 2.67. The normalized spacial score (nSPS) is 16.0. The number of hydrogen-bond acceptors (Lipinski definition) is 1. The van der Waals surface area contributed by atoms with E-state index in [0.717, 1.165) is 32.6 Å². The van der Waals surface area contributed by atoms with Gasteiger partial charge in [-0.3, -0.25) is 0 Å². The predicted molar refractivity (Wildman–Crippen MR) is 152 cm³/mol. The lowest BCUT2D eigenvalue weighted by molar-refractivity contribution is 0.592. The van der Waals surface area contributed by atoms with Gasteiger partial charge in [-0.25, -0.2) is 0 Å². The molecule has 0 spiro atoms. The summed E-state index contributed by atoms with van der Waals surface area (Å²) < 4.78 is 15.5. The van der Waals surface area contributed by atoms with Crippen molar-refractivity contribution >= 4 is 23.1 Å². The highest BCUT2D eigenvalue weighted by molar-refractivity contribution is 7.85. The summed E-state index contributed by atoms with van der Waals surface area (Å²) in [6.07, 6.45) is 0. The van der Waals surface area contributed by atoms with Crippen LogP contribution in [0.3, 0.4) is 0 Å². The molecule has 7 rings (SSSR count). The molecule has 0 saturated heterocycles. The average molecular weight is 479 g/mol. The summed E-state index contributed by atoms with van der Waals surface area (Å²) in [6.45, 7) is 0. The van der Waals surface area contributed by atoms with Crippen LogP contribution in [0.4, 0.5) is 0 Å². The minimum atomic E-state index is -3.15. The van der Waals surface area contributed by atoms with Crippen LogP contribution in [0.2, 0.25) is 0 Å². The maximum atomic E-state index is 15.5. The van der Waals surface area contributed by atoms with Gasteiger partial charge in [0.05, 0.1) is 0 Å². The first-order valence-electron chi connectivity index (χ1n) is 12.2. The fourth-order valence-corrected chi connectivity index (χ4v) is 8.85. The molecule has 0 N–H and O–H groups in total. The lowest BCUT2D eigenvalue weighted by Gasteiger charge is -2.22. The van der Waals surface area contributed by atoms with Crippen LogP contribution in [0.25, 0.3) is 44.5 Å². The first-order chi connectivity index (χ1) is 17.8. The van der Waals surface area contributed by atoms with Crippen LogP contribution in [0.15, 0.2) is 140 Å². The van der Waals surface area contributed by atoms with E-state index in [-0.39, 0.29) is 0 Å². The van der Waals surface area contributed by atoms with Crippen LogP contribution in [0.1, 0.15) is 0 Å². The molecule has 3 aliphatic rings. The van der Waals surface area contributed by atoms with Crippen molar-refractivity contribution in [2.24, 2.45) is 0 Å². The van der Waals surface area contributed by atoms with Crippen LogP contribution >= 0.6 is 7.14 Å². The SMILES string of the molecule is O=P1(c2ccccc2)c2ccccc2-c2c3cccccc-3c(-c3ccccc3)c2-c2ccccc21. The Morgan fingerprint density at radius 1 is 0.361 bits per heavy atom. The highest BCUT2D eigenvalue weighted by Crippen LogP contribution is 2.58. The Kier molecular flexibility index (Phi) is 4.81. The monoisotopic (exact) mass is 478 g/mol. The van der Waals surface area contributed by atoms with Gasteiger partial charge in [-0.05, 0) is 44.5 Å². The van der Waals surface area contributed by atoms with E-state index in [1.807, 2.05) is 42.5 Å². The highest BCUT2D eigenvalue weighted by Gasteiger charge is 2.40. The van der Waals surface area contributed by atoms with E-state index in [1.54, 1.807) is 0 Å². The fourth-order valence-electron chi connectivity index (χ4n) is 5.80. The van der Waals surface area contributed by atoms with E-state index >= 15 is 4.57 Å². The Morgan fingerprint density at radius 2 is 0.778 bits per heavy atom. The molecule has 0 amide bonds. The Morgan fingerprint density at radius 3 is 1.39 bits per heavy atom. The molecular weight excluding hydrogens is 455 g/mol. The van der Waals surface area contributed by atoms with E-state index < -0.39 is 7.14 Å². The third kappa shape index (κ3) is 2.94. The van der Waals surface area contributed by atoms with Gasteiger partial charge in [0.2, 0.25) is 0 Å². The van der Waals surface area contributed by atoms with Gasteiger partial charge in [0.15, 0.2) is 7.14 Å². The molecule has 4 aromatic carbocycles. The number of benzene rings is 4. The summed E-state index contributed by atoms with van der Waals surface area (Å²) in [5.74, 6) is 0. The van der Waals surface area contributed by atoms with Crippen molar-refractivity contribution < 1.29 is 4.57 Å². The Hall–Kier alpha value is -4.19. The molecule has 0 aromatic heterocycles. The Bertz CT molecular complexity index is 1750. The molecular formula is C34H23OP. The lowest BCUT2D eigenvalue weighted by atomic mass is 9.93. The summed E-state index contributed by atoms with van der Waals surface area (Å²) in [7, 11) is -3.15. The molecule has 2 aliphatic carbocycles. The van der Waals surface area contributed by atoms with Crippen LogP contribution < -0.4 is 15.9 Å². The first kappa shape index (κ1) is 21.1. The van der Waals surface area contributed by atoms with Gasteiger partial charge in [-0.1, -0.05) is 140 Å². The smallest absolute Gasteiger partial charge is 0.172 e. The summed E-state index contributed by atoms with van der Waals surface area (Å²) in [6, 6.07) is 47.9. The molecule has 2 heteroatoms. The summed E-state index contributed by atoms with van der Waals surface area (Å²) in [4.78, 5) is 0. The molecule has 0 saturated carbocycles. The summed E-state index contributed by atoms with van der Waals surface area (Å²) >= 11 is 0. The van der Waals surface area contributed by atoms with Crippen LogP contribution in [0.5, 0.6) is 0 Å². The third-order valence-corrected chi connectivity index (χ3v) is 10.4. The fraction of sp³-hybridized carbons (Fsp3) is 0. The van der Waals surface area contributed by atoms with Crippen LogP contribution in [0, 0.1) is 0 Å². The molecule has 0 fully saturated rings. The topological polar surface area (TPSA) is 17.1 Å². The first-order valence-corrected chi connectivity index (χ1v) is 13.9. The van der Waals surface area contributed by atoms with Crippen molar-refractivity contribution in [1.82, 2.24) is 0 Å². The minimum absolute atomic E-state index is 0.867. The zero-order valence-corrected chi connectivity index (χ0v) is 20.5. The van der Waals surface area contributed by atoms with Gasteiger partial charge < -0.3 is 4.57 Å². The van der Waals surface area contributed by atoms with Gasteiger partial charge in [0.25, 0.3) is 0 Å². The van der Waals surface area contributed by atoms with E-state index in [0.29, 0.717) is 0 Å². The quantitative estimate of drug-likeness (QED) is 0.232. The standard InChI is InChI=1S/C34H23OP/c35-36(25-16-6-2-7-17-25)30-22-12-10-20-28(30)33-27-19-9-3-8-18-26(27)32(24-14-4-1-5-15-24)34(33)29-21-11-13-23-31(29)36/h1-23H. The number of rotatable bonds is 2. The molecule has 0 bridgehead atoms. The van der Waals surface area contributed by atoms with Crippen molar-refractivity contribution in [3.8, 4) is 44.5 Å². The van der Waals surface area contributed by atoms with Gasteiger partial charge in [-0.2, -0.15) is 0 Å². The minimum Gasteiger partial charge on any atom is -0.309 e. The Labute approximate surface area is 211 Å². The Balaban J connectivity index is 1.74. The molecule has 1 atom stereocenters. The van der Waals surface area contributed by atoms with Crippen molar-refractivity contribution in [3.63, 3.8) is 0 Å². The highest BCUT2D eigenvalue weighted by atomic mass is 31.2. The van der Waals surface area contributed by atoms with Crippen LogP contribution in [-0.4, -0.2) is 0 Å². The van der Waals surface area contributed by atoms with Gasteiger partial charge in [0, 0.05) is 15.9 Å². The maximum absolute atomic E-state index is 15.5. The van der Waals surface area contributed by atoms with Crippen LogP contribution in [-0.2, 0) is 4.57 Å². The second-order valence-electron chi connectivity index (χ2n) is 9.21. The largest absolute Gasteiger partial charge is 0.309 e. The number of hydrogen-bond donors (Lipinski definition) is 0. The predicted octanol–water partition coefficient (Wildman–Crippen LogP) is 7.75. The molecule has 1 aliphatic heterocycles. The van der Waals surface area contributed by atoms with Crippen molar-refractivity contribution in [1.29, 1.82) is 0 Å². The summed E-state index contributed by atoms with van der Waals surface area (Å²) in [5.41, 5.74) is 9.17. The maximum Gasteiger partial charge on any atom is 0.172 e. The van der Waals surface area contributed by atoms with Crippen molar-refractivity contribution in [3.05, 3.63) is 140 Å². The van der Waals surface area contributed by atoms with Gasteiger partial charge in [0.1, 0.15) is 0 Å². The van der Waals surface area contributed by atoms with Gasteiger partial charge >= 0.3 is 0 Å². The molecule has 4 aromatic rings.